The summed E-state index contributed by atoms with van der Waals surface area (Å²) in [6, 6.07) is 0.497. The van der Waals surface area contributed by atoms with Gasteiger partial charge in [0.1, 0.15) is 23.0 Å². The first-order chi connectivity index (χ1) is 15.2. The van der Waals surface area contributed by atoms with Crippen molar-refractivity contribution in [2.24, 2.45) is 0 Å². The van der Waals surface area contributed by atoms with Gasteiger partial charge in [0.2, 0.25) is 5.43 Å². The third-order valence-electron chi connectivity index (χ3n) is 5.89. The number of aromatic nitrogens is 1. The first-order valence-electron chi connectivity index (χ1n) is 9.94. The number of halogens is 3. The van der Waals surface area contributed by atoms with Gasteiger partial charge in [0.25, 0.3) is 11.8 Å². The minimum atomic E-state index is -1.19. The summed E-state index contributed by atoms with van der Waals surface area (Å²) >= 11 is 0. The number of pyridine rings is 1. The maximum atomic E-state index is 13.8. The summed E-state index contributed by atoms with van der Waals surface area (Å²) in [5.74, 6) is -5.92. The van der Waals surface area contributed by atoms with Gasteiger partial charge < -0.3 is 24.6 Å². The average Bonchev–Trinajstić information content (AvgIpc) is 2.93. The molecule has 2 bridgehead atoms. The van der Waals surface area contributed by atoms with Gasteiger partial charge in [0.15, 0.2) is 11.4 Å². The first kappa shape index (κ1) is 21.9. The SMILES string of the molecule is CO[C@@H]1CCCN2C[C@H]1n1cc(C(=O)NCc3c(F)cc(F)cc3F)c(=O)c(O)c1C2=O. The topological polar surface area (TPSA) is 101 Å². The summed E-state index contributed by atoms with van der Waals surface area (Å²) in [6.45, 7) is 0.0646. The van der Waals surface area contributed by atoms with Gasteiger partial charge in [0.05, 0.1) is 12.1 Å². The van der Waals surface area contributed by atoms with Crippen molar-refractivity contribution < 1.29 is 32.6 Å². The van der Waals surface area contributed by atoms with Crippen molar-refractivity contribution in [3.63, 3.8) is 0 Å². The summed E-state index contributed by atoms with van der Waals surface area (Å²) in [6.07, 6.45) is 2.12. The van der Waals surface area contributed by atoms with Gasteiger partial charge in [-0.1, -0.05) is 0 Å². The lowest BCUT2D eigenvalue weighted by Crippen LogP contribution is -2.47. The molecule has 1 saturated heterocycles. The number of carbonyl (C=O) groups is 2. The van der Waals surface area contributed by atoms with Crippen LogP contribution in [0, 0.1) is 17.5 Å². The molecule has 11 heteroatoms. The van der Waals surface area contributed by atoms with E-state index in [1.165, 1.54) is 16.6 Å². The molecule has 2 amide bonds. The lowest BCUT2D eigenvalue weighted by molar-refractivity contribution is 0.0352. The van der Waals surface area contributed by atoms with Crippen molar-refractivity contribution in [2.75, 3.05) is 20.2 Å². The zero-order chi connectivity index (χ0) is 23.2. The van der Waals surface area contributed by atoms with Gasteiger partial charge in [-0.3, -0.25) is 14.4 Å². The predicted molar refractivity (Wildman–Crippen MR) is 105 cm³/mol. The van der Waals surface area contributed by atoms with Crippen LogP contribution in [0.15, 0.2) is 23.1 Å². The molecule has 3 heterocycles. The Bertz CT molecular complexity index is 1140. The van der Waals surface area contributed by atoms with Crippen LogP contribution >= 0.6 is 0 Å². The van der Waals surface area contributed by atoms with Crippen LogP contribution in [0.5, 0.6) is 5.75 Å². The maximum Gasteiger partial charge on any atom is 0.274 e. The van der Waals surface area contributed by atoms with Crippen molar-refractivity contribution in [3.05, 3.63) is 62.8 Å². The molecule has 0 spiro atoms. The predicted octanol–water partition coefficient (Wildman–Crippen LogP) is 1.71. The molecule has 1 aromatic carbocycles. The third kappa shape index (κ3) is 3.62. The zero-order valence-corrected chi connectivity index (χ0v) is 17.0. The average molecular weight is 451 g/mol. The van der Waals surface area contributed by atoms with Gasteiger partial charge in [0, 0.05) is 50.6 Å². The molecule has 2 atom stereocenters. The zero-order valence-electron chi connectivity index (χ0n) is 17.0. The fourth-order valence-corrected chi connectivity index (χ4v) is 4.25. The van der Waals surface area contributed by atoms with Crippen LogP contribution in [0.3, 0.4) is 0 Å². The van der Waals surface area contributed by atoms with Gasteiger partial charge in [-0.15, -0.1) is 0 Å². The standard InChI is InChI=1S/C21H20F3N3O5/c1-32-16-3-2-4-26-9-15(16)27-8-12(18(28)19(29)17(27)21(26)31)20(30)25-7-11-13(23)5-10(22)6-14(11)24/h5-6,8,15-16,29H,2-4,7,9H2,1H3,(H,25,30)/t15-,16-/m1/s1. The molecule has 8 nitrogen and oxygen atoms in total. The van der Waals surface area contributed by atoms with Crippen molar-refractivity contribution in [3.8, 4) is 5.75 Å². The molecule has 1 aromatic heterocycles. The number of hydrogen-bond donors (Lipinski definition) is 2. The van der Waals surface area contributed by atoms with E-state index in [-0.39, 0.29) is 18.3 Å². The molecule has 4 rings (SSSR count). The molecule has 170 valence electrons. The van der Waals surface area contributed by atoms with Crippen molar-refractivity contribution in [2.45, 2.75) is 31.5 Å². The van der Waals surface area contributed by atoms with E-state index in [1.54, 1.807) is 0 Å². The number of aromatic hydroxyl groups is 1. The van der Waals surface area contributed by atoms with Crippen molar-refractivity contribution in [1.29, 1.82) is 0 Å². The highest BCUT2D eigenvalue weighted by Gasteiger charge is 2.40. The van der Waals surface area contributed by atoms with Crippen LogP contribution in [-0.2, 0) is 11.3 Å². The Balaban J connectivity index is 1.70. The number of carbonyl (C=O) groups excluding carboxylic acids is 2. The Morgan fingerprint density at radius 2 is 1.94 bits per heavy atom. The Labute approximate surface area is 180 Å². The molecule has 2 N–H and O–H groups in total. The van der Waals surface area contributed by atoms with Gasteiger partial charge in [-0.25, -0.2) is 13.2 Å². The Morgan fingerprint density at radius 3 is 2.59 bits per heavy atom. The van der Waals surface area contributed by atoms with Crippen LogP contribution in [-0.4, -0.2) is 52.7 Å². The van der Waals surface area contributed by atoms with Gasteiger partial charge >= 0.3 is 0 Å². The van der Waals surface area contributed by atoms with Crippen LogP contribution < -0.4 is 10.7 Å². The van der Waals surface area contributed by atoms with E-state index >= 15 is 0 Å². The van der Waals surface area contributed by atoms with E-state index in [9.17, 15) is 32.7 Å². The monoisotopic (exact) mass is 451 g/mol. The summed E-state index contributed by atoms with van der Waals surface area (Å²) in [4.78, 5) is 39.6. The smallest absolute Gasteiger partial charge is 0.274 e. The molecular formula is C21H20F3N3O5. The second-order valence-corrected chi connectivity index (χ2v) is 7.74. The quantitative estimate of drug-likeness (QED) is 0.737. The van der Waals surface area contributed by atoms with Crippen LogP contribution in [0.1, 0.15) is 45.3 Å². The van der Waals surface area contributed by atoms with E-state index in [2.05, 4.69) is 5.32 Å². The summed E-state index contributed by atoms with van der Waals surface area (Å²) in [5.41, 5.74) is -2.41. The Hall–Kier alpha value is -3.34. The molecule has 0 radical (unpaired) electrons. The fraction of sp³-hybridized carbons (Fsp3) is 0.381. The number of ether oxygens (including phenoxy) is 1. The number of benzene rings is 1. The molecule has 2 aliphatic heterocycles. The highest BCUT2D eigenvalue weighted by molar-refractivity contribution is 5.99. The maximum absolute atomic E-state index is 13.8. The van der Waals surface area contributed by atoms with E-state index in [1.807, 2.05) is 0 Å². The molecule has 32 heavy (non-hydrogen) atoms. The lowest BCUT2D eigenvalue weighted by Gasteiger charge is -2.36. The molecule has 2 aromatic rings. The highest BCUT2D eigenvalue weighted by atomic mass is 19.1. The number of nitrogens with one attached hydrogen (secondary N) is 1. The van der Waals surface area contributed by atoms with E-state index in [4.69, 9.17) is 4.74 Å². The second-order valence-electron chi connectivity index (χ2n) is 7.74. The van der Waals surface area contributed by atoms with Crippen molar-refractivity contribution in [1.82, 2.24) is 14.8 Å². The Morgan fingerprint density at radius 1 is 1.25 bits per heavy atom. The fourth-order valence-electron chi connectivity index (χ4n) is 4.25. The second kappa shape index (κ2) is 8.30. The number of rotatable bonds is 4. The normalized spacial score (nSPS) is 20.0. The molecular weight excluding hydrogens is 431 g/mol. The van der Waals surface area contributed by atoms with Gasteiger partial charge in [-0.2, -0.15) is 0 Å². The van der Waals surface area contributed by atoms with Crippen LogP contribution in [0.25, 0.3) is 0 Å². The Kier molecular flexibility index (Phi) is 5.68. The van der Waals surface area contributed by atoms with E-state index < -0.39 is 64.2 Å². The largest absolute Gasteiger partial charge is 0.503 e. The minimum Gasteiger partial charge on any atom is -0.503 e. The van der Waals surface area contributed by atoms with Crippen molar-refractivity contribution >= 4 is 11.8 Å². The molecule has 2 aliphatic rings. The third-order valence-corrected chi connectivity index (χ3v) is 5.89. The number of fused-ring (bicyclic) bond motifs is 4. The lowest BCUT2D eigenvalue weighted by atomic mass is 10.0. The number of amides is 2. The number of methoxy groups -OCH3 is 1. The summed E-state index contributed by atoms with van der Waals surface area (Å²) in [7, 11) is 1.51. The molecule has 0 unspecified atom stereocenters. The summed E-state index contributed by atoms with van der Waals surface area (Å²) in [5, 5.41) is 12.7. The molecule has 0 saturated carbocycles. The summed E-state index contributed by atoms with van der Waals surface area (Å²) < 4.78 is 47.7. The molecule has 0 aliphatic carbocycles. The first-order valence-corrected chi connectivity index (χ1v) is 9.94. The van der Waals surface area contributed by atoms with E-state index in [0.717, 1.165) is 6.20 Å². The molecule has 1 fully saturated rings. The number of hydrogen-bond acceptors (Lipinski definition) is 5. The van der Waals surface area contributed by atoms with Crippen LogP contribution in [0.4, 0.5) is 13.2 Å². The highest BCUT2D eigenvalue weighted by Crippen LogP contribution is 2.33. The minimum absolute atomic E-state index is 0.234. The van der Waals surface area contributed by atoms with Crippen LogP contribution in [0.2, 0.25) is 0 Å². The van der Waals surface area contributed by atoms with E-state index in [0.29, 0.717) is 31.5 Å². The van der Waals surface area contributed by atoms with Gasteiger partial charge in [-0.05, 0) is 12.8 Å². The number of nitrogens with zero attached hydrogens (tertiary/aromatic N) is 2.